The summed E-state index contributed by atoms with van der Waals surface area (Å²) in [6.45, 7) is 1.22. The van der Waals surface area contributed by atoms with Gasteiger partial charge in [0, 0.05) is 38.2 Å². The van der Waals surface area contributed by atoms with Crippen molar-refractivity contribution in [1.29, 1.82) is 0 Å². The third-order valence-electron chi connectivity index (χ3n) is 4.98. The van der Waals surface area contributed by atoms with Gasteiger partial charge in [-0.25, -0.2) is 4.68 Å². The van der Waals surface area contributed by atoms with Crippen LogP contribution in [0.1, 0.15) is 46.7 Å². The lowest BCUT2D eigenvalue weighted by atomic mass is 10.0. The molecule has 1 saturated heterocycles. The fourth-order valence-corrected chi connectivity index (χ4v) is 3.51. The number of piperidine rings is 1. The molecule has 162 valence electrons. The number of halogens is 1. The van der Waals surface area contributed by atoms with Crippen molar-refractivity contribution < 1.29 is 14.4 Å². The zero-order valence-electron chi connectivity index (χ0n) is 16.6. The molecule has 0 bridgehead atoms. The number of primary amides is 1. The molecule has 1 aliphatic rings. The summed E-state index contributed by atoms with van der Waals surface area (Å²) < 4.78 is 1.39. The molecule has 2 heterocycles. The first-order valence-electron chi connectivity index (χ1n) is 9.74. The molecule has 1 aromatic carbocycles. The number of nitrogens with one attached hydrogen (secondary N) is 1. The first kappa shape index (κ1) is 23.4. The van der Waals surface area contributed by atoms with E-state index in [9.17, 15) is 14.4 Å². The van der Waals surface area contributed by atoms with E-state index in [0.717, 1.165) is 19.3 Å². The van der Waals surface area contributed by atoms with E-state index < -0.39 is 5.91 Å². The van der Waals surface area contributed by atoms with Crippen LogP contribution in [0.15, 0.2) is 36.4 Å². The third kappa shape index (κ3) is 5.37. The average molecular weight is 435 g/mol. The van der Waals surface area contributed by atoms with Gasteiger partial charge in [0.25, 0.3) is 11.8 Å². The lowest BCUT2D eigenvalue weighted by molar-refractivity contribution is -0.121. The lowest BCUT2D eigenvalue weighted by Gasteiger charge is -2.35. The Morgan fingerprint density at radius 3 is 2.57 bits per heavy atom. The molecule has 0 saturated carbocycles. The number of nitrogens with two attached hydrogens (primary N) is 2. The Balaban J connectivity index is 0.00000320. The van der Waals surface area contributed by atoms with Crippen LogP contribution in [0.4, 0.5) is 0 Å². The van der Waals surface area contributed by atoms with E-state index in [4.69, 9.17) is 11.5 Å². The Bertz CT molecular complexity index is 886. The first-order chi connectivity index (χ1) is 14.0. The molecule has 10 heteroatoms. The lowest BCUT2D eigenvalue weighted by Crippen LogP contribution is -2.49. The highest BCUT2D eigenvalue weighted by Crippen LogP contribution is 2.20. The fourth-order valence-electron chi connectivity index (χ4n) is 3.51. The summed E-state index contributed by atoms with van der Waals surface area (Å²) in [6.07, 6.45) is 2.90. The maximum Gasteiger partial charge on any atom is 0.274 e. The molecule has 30 heavy (non-hydrogen) atoms. The summed E-state index contributed by atoms with van der Waals surface area (Å²) in [5.41, 5.74) is 11.8. The van der Waals surface area contributed by atoms with Crippen LogP contribution in [0.5, 0.6) is 0 Å². The van der Waals surface area contributed by atoms with Gasteiger partial charge in [-0.15, -0.1) is 12.4 Å². The van der Waals surface area contributed by atoms with Crippen molar-refractivity contribution in [3.05, 3.63) is 47.8 Å². The van der Waals surface area contributed by atoms with Crippen molar-refractivity contribution in [2.75, 3.05) is 19.6 Å². The first-order valence-corrected chi connectivity index (χ1v) is 9.74. The largest absolute Gasteiger partial charge is 0.364 e. The Morgan fingerprint density at radius 2 is 1.90 bits per heavy atom. The molecule has 9 nitrogen and oxygen atoms in total. The molecule has 0 radical (unpaired) electrons. The van der Waals surface area contributed by atoms with Gasteiger partial charge < -0.3 is 21.7 Å². The van der Waals surface area contributed by atoms with Gasteiger partial charge in [-0.05, 0) is 31.4 Å². The van der Waals surface area contributed by atoms with Gasteiger partial charge >= 0.3 is 0 Å². The Morgan fingerprint density at radius 1 is 1.17 bits per heavy atom. The van der Waals surface area contributed by atoms with E-state index in [1.54, 1.807) is 17.0 Å². The Hall–Kier alpha value is -2.91. The maximum absolute atomic E-state index is 13.2. The quantitative estimate of drug-likeness (QED) is 0.593. The number of hydrogen-bond acceptors (Lipinski definition) is 5. The van der Waals surface area contributed by atoms with Gasteiger partial charge in [-0.1, -0.05) is 18.2 Å². The minimum Gasteiger partial charge on any atom is -0.364 e. The standard InChI is InChI=1S/C20H26N6O3.ClH/c21-10-9-18(27)23-13-15-8-4-5-11-25(15)20(29)16-12-17(19(22)28)26(24-16)14-6-2-1-3-7-14;/h1-3,6-7,12,15H,4-5,8-11,13,21H2,(H2,22,28)(H,23,27);1H. The van der Waals surface area contributed by atoms with Crippen LogP contribution in [-0.4, -0.2) is 58.1 Å². The molecule has 3 rings (SSSR count). The van der Waals surface area contributed by atoms with Crippen LogP contribution >= 0.6 is 12.4 Å². The van der Waals surface area contributed by atoms with Crippen LogP contribution in [0.25, 0.3) is 5.69 Å². The third-order valence-corrected chi connectivity index (χ3v) is 4.98. The minimum atomic E-state index is -0.662. The van der Waals surface area contributed by atoms with Crippen molar-refractivity contribution in [2.45, 2.75) is 31.7 Å². The second-order valence-electron chi connectivity index (χ2n) is 7.02. The molecule has 1 fully saturated rings. The van der Waals surface area contributed by atoms with Crippen LogP contribution in [0.2, 0.25) is 0 Å². The van der Waals surface area contributed by atoms with Crippen LogP contribution < -0.4 is 16.8 Å². The van der Waals surface area contributed by atoms with Gasteiger partial charge in [-0.2, -0.15) is 5.10 Å². The molecule has 0 aliphatic carbocycles. The number of carbonyl (C=O) groups excluding carboxylic acids is 3. The number of carbonyl (C=O) groups is 3. The Kier molecular flexibility index (Phi) is 8.37. The molecule has 1 aliphatic heterocycles. The normalized spacial score (nSPS) is 15.9. The number of rotatable bonds is 7. The smallest absolute Gasteiger partial charge is 0.274 e. The minimum absolute atomic E-state index is 0. The van der Waals surface area contributed by atoms with Crippen molar-refractivity contribution in [3.8, 4) is 5.69 Å². The van der Waals surface area contributed by atoms with E-state index in [2.05, 4.69) is 10.4 Å². The topological polar surface area (TPSA) is 136 Å². The van der Waals surface area contributed by atoms with Crippen LogP contribution in [-0.2, 0) is 4.79 Å². The van der Waals surface area contributed by atoms with Gasteiger partial charge in [0.2, 0.25) is 5.91 Å². The summed E-state index contributed by atoms with van der Waals surface area (Å²) >= 11 is 0. The molecule has 0 spiro atoms. The predicted octanol–water partition coefficient (Wildman–Crippen LogP) is 0.853. The van der Waals surface area contributed by atoms with E-state index in [-0.39, 0.29) is 54.6 Å². The highest BCUT2D eigenvalue weighted by Gasteiger charge is 2.30. The number of nitrogens with zero attached hydrogens (tertiary/aromatic N) is 3. The molecule has 5 N–H and O–H groups in total. The Labute approximate surface area is 181 Å². The number of amides is 3. The predicted molar refractivity (Wildman–Crippen MR) is 115 cm³/mol. The van der Waals surface area contributed by atoms with E-state index >= 15 is 0 Å². The molecule has 1 unspecified atom stereocenters. The molecule has 1 aromatic heterocycles. The molecule has 1 atom stereocenters. The summed E-state index contributed by atoms with van der Waals surface area (Å²) in [5, 5.41) is 7.19. The molecular weight excluding hydrogens is 408 g/mol. The van der Waals surface area contributed by atoms with Gasteiger partial charge in [-0.3, -0.25) is 14.4 Å². The number of likely N-dealkylation sites (tertiary alicyclic amines) is 1. The number of hydrogen-bond donors (Lipinski definition) is 3. The van der Waals surface area contributed by atoms with Crippen LogP contribution in [0, 0.1) is 0 Å². The van der Waals surface area contributed by atoms with Crippen molar-refractivity contribution in [2.24, 2.45) is 11.5 Å². The van der Waals surface area contributed by atoms with Crippen molar-refractivity contribution in [1.82, 2.24) is 20.0 Å². The summed E-state index contributed by atoms with van der Waals surface area (Å²) in [4.78, 5) is 38.5. The molecule has 2 aromatic rings. The summed E-state index contributed by atoms with van der Waals surface area (Å²) in [5.74, 6) is -1.07. The van der Waals surface area contributed by atoms with Crippen molar-refractivity contribution >= 4 is 30.1 Å². The average Bonchev–Trinajstić information content (AvgIpc) is 3.19. The SMILES string of the molecule is Cl.NCCC(=O)NCC1CCCCN1C(=O)c1cc(C(N)=O)n(-c2ccccc2)n1. The van der Waals surface area contributed by atoms with Gasteiger partial charge in [0.1, 0.15) is 5.69 Å². The highest BCUT2D eigenvalue weighted by molar-refractivity contribution is 5.98. The zero-order chi connectivity index (χ0) is 20.8. The number of aromatic nitrogens is 2. The van der Waals surface area contributed by atoms with E-state index in [1.165, 1.54) is 10.7 Å². The fraction of sp³-hybridized carbons (Fsp3) is 0.400. The van der Waals surface area contributed by atoms with Gasteiger partial charge in [0.15, 0.2) is 5.69 Å². The van der Waals surface area contributed by atoms with Crippen molar-refractivity contribution in [3.63, 3.8) is 0 Å². The van der Waals surface area contributed by atoms with Crippen LogP contribution in [0.3, 0.4) is 0 Å². The van der Waals surface area contributed by atoms with Gasteiger partial charge in [0.05, 0.1) is 5.69 Å². The van der Waals surface area contributed by atoms with E-state index in [1.807, 2.05) is 18.2 Å². The zero-order valence-corrected chi connectivity index (χ0v) is 17.4. The highest BCUT2D eigenvalue weighted by atomic mass is 35.5. The number of benzene rings is 1. The number of para-hydroxylation sites is 1. The maximum atomic E-state index is 13.2. The second kappa shape index (κ2) is 10.7. The summed E-state index contributed by atoms with van der Waals surface area (Å²) in [6, 6.07) is 10.3. The second-order valence-corrected chi connectivity index (χ2v) is 7.02. The molecule has 3 amide bonds. The molecular formula is C20H27ClN6O3. The monoisotopic (exact) mass is 434 g/mol. The van der Waals surface area contributed by atoms with E-state index in [0.29, 0.717) is 18.8 Å². The summed E-state index contributed by atoms with van der Waals surface area (Å²) in [7, 11) is 0.